The van der Waals surface area contributed by atoms with Crippen LogP contribution in [0.2, 0.25) is 5.02 Å². The van der Waals surface area contributed by atoms with Gasteiger partial charge in [0.1, 0.15) is 12.4 Å². The number of benzene rings is 1. The molecule has 17 heavy (non-hydrogen) atoms. The second kappa shape index (κ2) is 5.54. The largest absolute Gasteiger partial charge is 0.487 e. The van der Waals surface area contributed by atoms with Gasteiger partial charge in [0, 0.05) is 6.04 Å². The Balaban J connectivity index is 2.06. The Morgan fingerprint density at radius 2 is 2.24 bits per heavy atom. The highest BCUT2D eigenvalue weighted by atomic mass is 35.5. The van der Waals surface area contributed by atoms with Gasteiger partial charge in [-0.2, -0.15) is 11.3 Å². The molecule has 1 atom stereocenters. The predicted molar refractivity (Wildman–Crippen MR) is 72.7 cm³/mol. The van der Waals surface area contributed by atoms with E-state index in [4.69, 9.17) is 22.1 Å². The Kier molecular flexibility index (Phi) is 4.05. The van der Waals surface area contributed by atoms with Crippen LogP contribution in [0.4, 0.5) is 0 Å². The fourth-order valence-corrected chi connectivity index (χ4v) is 2.35. The maximum atomic E-state index is 6.14. The van der Waals surface area contributed by atoms with Crippen molar-refractivity contribution in [1.29, 1.82) is 0 Å². The molecule has 0 amide bonds. The van der Waals surface area contributed by atoms with Gasteiger partial charge in [0.2, 0.25) is 0 Å². The molecular weight excluding hydrogens is 254 g/mol. The van der Waals surface area contributed by atoms with Gasteiger partial charge in [-0.25, -0.2) is 0 Å². The van der Waals surface area contributed by atoms with E-state index in [1.165, 1.54) is 0 Å². The summed E-state index contributed by atoms with van der Waals surface area (Å²) in [5.41, 5.74) is 7.95. The summed E-state index contributed by atoms with van der Waals surface area (Å²) in [6.45, 7) is 2.47. The lowest BCUT2D eigenvalue weighted by molar-refractivity contribution is 0.307. The van der Waals surface area contributed by atoms with Crippen molar-refractivity contribution in [1.82, 2.24) is 0 Å². The average Bonchev–Trinajstić information content (AvgIpc) is 2.80. The van der Waals surface area contributed by atoms with Gasteiger partial charge in [-0.1, -0.05) is 17.7 Å². The molecule has 1 aromatic carbocycles. The minimum atomic E-state index is -0.0153. The zero-order valence-electron chi connectivity index (χ0n) is 9.52. The summed E-state index contributed by atoms with van der Waals surface area (Å²) in [4.78, 5) is 0. The minimum Gasteiger partial charge on any atom is -0.487 e. The third-order valence-corrected chi connectivity index (χ3v) is 3.48. The molecule has 0 aliphatic rings. The Morgan fingerprint density at radius 3 is 2.82 bits per heavy atom. The summed E-state index contributed by atoms with van der Waals surface area (Å²) in [7, 11) is 0. The average molecular weight is 268 g/mol. The van der Waals surface area contributed by atoms with Crippen molar-refractivity contribution < 1.29 is 4.74 Å². The van der Waals surface area contributed by atoms with Gasteiger partial charge >= 0.3 is 0 Å². The molecule has 4 heteroatoms. The molecule has 2 N–H and O–H groups in total. The van der Waals surface area contributed by atoms with E-state index < -0.39 is 0 Å². The lowest BCUT2D eigenvalue weighted by Crippen LogP contribution is -2.05. The number of nitrogens with two attached hydrogens (primary N) is 1. The first kappa shape index (κ1) is 12.4. The second-order valence-corrected chi connectivity index (χ2v) is 5.09. The van der Waals surface area contributed by atoms with Crippen LogP contribution in [0.15, 0.2) is 35.0 Å². The van der Waals surface area contributed by atoms with E-state index in [2.05, 4.69) is 5.38 Å². The summed E-state index contributed by atoms with van der Waals surface area (Å²) in [5, 5.41) is 4.69. The molecule has 0 radical (unpaired) electrons. The number of halogens is 1. The first-order valence-corrected chi connectivity index (χ1v) is 6.68. The first-order chi connectivity index (χ1) is 8.16. The number of rotatable bonds is 4. The van der Waals surface area contributed by atoms with Gasteiger partial charge in [0.05, 0.1) is 5.02 Å². The zero-order valence-corrected chi connectivity index (χ0v) is 11.1. The summed E-state index contributed by atoms with van der Waals surface area (Å²) in [5.74, 6) is 0.697. The van der Waals surface area contributed by atoms with E-state index in [0.29, 0.717) is 17.4 Å². The van der Waals surface area contributed by atoms with Crippen LogP contribution in [0.5, 0.6) is 5.75 Å². The van der Waals surface area contributed by atoms with Gasteiger partial charge in [-0.3, -0.25) is 0 Å². The predicted octanol–water partition coefficient (Wildman–Crippen LogP) is 4.00. The van der Waals surface area contributed by atoms with Gasteiger partial charge in [-0.05, 0) is 47.0 Å². The molecule has 2 rings (SSSR count). The van der Waals surface area contributed by atoms with Crippen LogP contribution < -0.4 is 10.5 Å². The molecule has 1 aromatic heterocycles. The normalized spacial score (nSPS) is 12.4. The fourth-order valence-electron chi connectivity index (χ4n) is 1.45. The molecule has 2 aromatic rings. The molecule has 0 aliphatic carbocycles. The highest BCUT2D eigenvalue weighted by molar-refractivity contribution is 7.07. The molecule has 0 unspecified atom stereocenters. The highest BCUT2D eigenvalue weighted by Gasteiger charge is 2.06. The second-order valence-electron chi connectivity index (χ2n) is 3.90. The summed E-state index contributed by atoms with van der Waals surface area (Å²) in [6.07, 6.45) is 0. The summed E-state index contributed by atoms with van der Waals surface area (Å²) in [6, 6.07) is 7.69. The zero-order chi connectivity index (χ0) is 12.3. The van der Waals surface area contributed by atoms with Crippen LogP contribution in [0, 0.1) is 0 Å². The molecular formula is C13H14ClNOS. The number of ether oxygens (including phenoxy) is 1. The Hall–Kier alpha value is -1.03. The Labute approximate surface area is 110 Å². The number of hydrogen-bond donors (Lipinski definition) is 1. The minimum absolute atomic E-state index is 0.0153. The van der Waals surface area contributed by atoms with Crippen molar-refractivity contribution in [3.63, 3.8) is 0 Å². The third kappa shape index (κ3) is 3.22. The molecule has 0 saturated heterocycles. The maximum absolute atomic E-state index is 6.14. The van der Waals surface area contributed by atoms with Gasteiger partial charge < -0.3 is 10.5 Å². The quantitative estimate of drug-likeness (QED) is 0.909. The van der Waals surface area contributed by atoms with Crippen molar-refractivity contribution in [3.8, 4) is 5.75 Å². The molecule has 90 valence electrons. The first-order valence-electron chi connectivity index (χ1n) is 5.35. The van der Waals surface area contributed by atoms with Gasteiger partial charge in [-0.15, -0.1) is 0 Å². The molecule has 2 nitrogen and oxygen atoms in total. The van der Waals surface area contributed by atoms with E-state index in [-0.39, 0.29) is 6.04 Å². The van der Waals surface area contributed by atoms with Crippen molar-refractivity contribution >= 4 is 22.9 Å². The topological polar surface area (TPSA) is 35.2 Å². The standard InChI is InChI=1S/C13H14ClNOS/c1-9(15)11-2-3-13(12(14)6-11)16-7-10-4-5-17-8-10/h2-6,8-9H,7,15H2,1H3/t9-/m0/s1. The van der Waals surface area contributed by atoms with Gasteiger partial charge in [0.25, 0.3) is 0 Å². The Bertz CT molecular complexity index is 482. The van der Waals surface area contributed by atoms with E-state index in [1.807, 2.05) is 36.6 Å². The van der Waals surface area contributed by atoms with Gasteiger partial charge in [0.15, 0.2) is 0 Å². The number of thiophene rings is 1. The number of hydrogen-bond acceptors (Lipinski definition) is 3. The fraction of sp³-hybridized carbons (Fsp3) is 0.231. The molecule has 0 bridgehead atoms. The highest BCUT2D eigenvalue weighted by Crippen LogP contribution is 2.28. The van der Waals surface area contributed by atoms with Crippen molar-refractivity contribution in [2.24, 2.45) is 5.73 Å². The van der Waals surface area contributed by atoms with Crippen LogP contribution in [0.25, 0.3) is 0 Å². The van der Waals surface area contributed by atoms with Crippen LogP contribution in [0.1, 0.15) is 24.1 Å². The van der Waals surface area contributed by atoms with E-state index in [1.54, 1.807) is 11.3 Å². The van der Waals surface area contributed by atoms with Crippen molar-refractivity contribution in [2.45, 2.75) is 19.6 Å². The van der Waals surface area contributed by atoms with Crippen molar-refractivity contribution in [2.75, 3.05) is 0 Å². The van der Waals surface area contributed by atoms with Crippen LogP contribution in [-0.2, 0) is 6.61 Å². The van der Waals surface area contributed by atoms with Crippen molar-refractivity contribution in [3.05, 3.63) is 51.2 Å². The monoisotopic (exact) mass is 267 g/mol. The van der Waals surface area contributed by atoms with Crippen LogP contribution >= 0.6 is 22.9 Å². The lowest BCUT2D eigenvalue weighted by Gasteiger charge is -2.10. The Morgan fingerprint density at radius 1 is 1.41 bits per heavy atom. The van der Waals surface area contributed by atoms with E-state index >= 15 is 0 Å². The molecule has 0 spiro atoms. The SMILES string of the molecule is C[C@H](N)c1ccc(OCc2ccsc2)c(Cl)c1. The lowest BCUT2D eigenvalue weighted by atomic mass is 10.1. The van der Waals surface area contributed by atoms with Crippen LogP contribution in [0.3, 0.4) is 0 Å². The molecule has 0 aliphatic heterocycles. The summed E-state index contributed by atoms with van der Waals surface area (Å²) < 4.78 is 5.65. The van der Waals surface area contributed by atoms with E-state index in [9.17, 15) is 0 Å². The molecule has 1 heterocycles. The molecule has 0 saturated carbocycles. The summed E-state index contributed by atoms with van der Waals surface area (Å²) >= 11 is 7.79. The van der Waals surface area contributed by atoms with Crippen LogP contribution in [-0.4, -0.2) is 0 Å². The maximum Gasteiger partial charge on any atom is 0.138 e. The molecule has 0 fully saturated rings. The van der Waals surface area contributed by atoms with E-state index in [0.717, 1.165) is 11.1 Å². The smallest absolute Gasteiger partial charge is 0.138 e. The third-order valence-electron chi connectivity index (χ3n) is 2.46.